The minimum absolute atomic E-state index is 0.0125. The lowest BCUT2D eigenvalue weighted by atomic mass is 9.76. The zero-order valence-electron chi connectivity index (χ0n) is 16.3. The molecule has 2 fully saturated rings. The van der Waals surface area contributed by atoms with Gasteiger partial charge in [0.15, 0.2) is 0 Å². The number of hydrogen-bond acceptors (Lipinski definition) is 3. The minimum Gasteiger partial charge on any atom is -0.481 e. The first kappa shape index (κ1) is 19.4. The molecule has 2 heterocycles. The lowest BCUT2D eigenvalue weighted by Crippen LogP contribution is -2.42. The molecule has 2 atom stereocenters. The van der Waals surface area contributed by atoms with Gasteiger partial charge in [-0.2, -0.15) is 0 Å². The number of carbonyl (C=O) groups excluding carboxylic acids is 2. The Labute approximate surface area is 160 Å². The van der Waals surface area contributed by atoms with Crippen molar-refractivity contribution in [3.63, 3.8) is 0 Å². The van der Waals surface area contributed by atoms with Gasteiger partial charge in [0.1, 0.15) is 0 Å². The number of carboxylic acids is 1. The number of carbonyl (C=O) groups is 3. The van der Waals surface area contributed by atoms with E-state index >= 15 is 0 Å². The van der Waals surface area contributed by atoms with Crippen molar-refractivity contribution in [1.82, 2.24) is 9.80 Å². The Balaban J connectivity index is 1.64. The fourth-order valence-corrected chi connectivity index (χ4v) is 4.18. The zero-order valence-corrected chi connectivity index (χ0v) is 16.3. The summed E-state index contributed by atoms with van der Waals surface area (Å²) in [6.45, 7) is 7.41. The maximum Gasteiger partial charge on any atom is 0.311 e. The van der Waals surface area contributed by atoms with Gasteiger partial charge in [0.2, 0.25) is 11.8 Å². The van der Waals surface area contributed by atoms with Gasteiger partial charge in [0.05, 0.1) is 11.3 Å². The van der Waals surface area contributed by atoms with Crippen molar-refractivity contribution < 1.29 is 19.5 Å². The van der Waals surface area contributed by atoms with Gasteiger partial charge < -0.3 is 14.9 Å². The van der Waals surface area contributed by atoms with Gasteiger partial charge in [-0.15, -0.1) is 0 Å². The molecule has 27 heavy (non-hydrogen) atoms. The van der Waals surface area contributed by atoms with Crippen LogP contribution in [0.4, 0.5) is 0 Å². The molecule has 6 nitrogen and oxygen atoms in total. The van der Waals surface area contributed by atoms with E-state index in [2.05, 4.69) is 0 Å². The molecule has 0 aromatic heterocycles. The van der Waals surface area contributed by atoms with Crippen LogP contribution in [-0.4, -0.2) is 52.3 Å². The molecule has 1 N–H and O–H groups in total. The number of rotatable bonds is 5. The van der Waals surface area contributed by atoms with Crippen LogP contribution in [0.2, 0.25) is 0 Å². The molecular weight excluding hydrogens is 344 g/mol. The first-order valence-corrected chi connectivity index (χ1v) is 9.58. The van der Waals surface area contributed by atoms with Gasteiger partial charge in [-0.3, -0.25) is 14.4 Å². The van der Waals surface area contributed by atoms with Crippen LogP contribution in [0.1, 0.15) is 37.8 Å². The summed E-state index contributed by atoms with van der Waals surface area (Å²) in [7, 11) is 0. The number of aliphatic carboxylic acids is 1. The largest absolute Gasteiger partial charge is 0.481 e. The molecule has 0 saturated carbocycles. The lowest BCUT2D eigenvalue weighted by molar-refractivity contribution is -0.151. The summed E-state index contributed by atoms with van der Waals surface area (Å²) in [6, 6.07) is 8.03. The molecule has 1 aromatic carbocycles. The molecular formula is C21H28N2O4. The molecule has 2 amide bonds. The van der Waals surface area contributed by atoms with Crippen molar-refractivity contribution in [3.8, 4) is 0 Å². The highest BCUT2D eigenvalue weighted by atomic mass is 16.4. The number of likely N-dealkylation sites (tertiary alicyclic amines) is 2. The Morgan fingerprint density at radius 3 is 2.48 bits per heavy atom. The Morgan fingerprint density at radius 1 is 1.26 bits per heavy atom. The lowest BCUT2D eigenvalue weighted by Gasteiger charge is -2.29. The molecule has 0 spiro atoms. The molecule has 3 rings (SSSR count). The average Bonchev–Trinajstić information content (AvgIpc) is 3.22. The van der Waals surface area contributed by atoms with Crippen LogP contribution in [0, 0.1) is 24.2 Å². The van der Waals surface area contributed by atoms with Crippen LogP contribution in [0.25, 0.3) is 0 Å². The first-order valence-electron chi connectivity index (χ1n) is 9.58. The van der Waals surface area contributed by atoms with Crippen LogP contribution in [0.15, 0.2) is 24.3 Å². The average molecular weight is 372 g/mol. The number of benzene rings is 1. The third-order valence-electron chi connectivity index (χ3n) is 6.20. The molecule has 6 heteroatoms. The third-order valence-corrected chi connectivity index (χ3v) is 6.20. The minimum atomic E-state index is -0.875. The second-order valence-electron chi connectivity index (χ2n) is 8.29. The maximum absolute atomic E-state index is 12.9. The van der Waals surface area contributed by atoms with Crippen molar-refractivity contribution in [2.75, 3.05) is 19.6 Å². The highest BCUT2D eigenvalue weighted by molar-refractivity contribution is 5.90. The predicted octanol–water partition coefficient (Wildman–Crippen LogP) is 2.30. The van der Waals surface area contributed by atoms with Crippen molar-refractivity contribution in [1.29, 1.82) is 0 Å². The molecule has 146 valence electrons. The van der Waals surface area contributed by atoms with E-state index in [-0.39, 0.29) is 36.6 Å². The van der Waals surface area contributed by atoms with Gasteiger partial charge in [-0.25, -0.2) is 0 Å². The molecule has 2 unspecified atom stereocenters. The van der Waals surface area contributed by atoms with Crippen molar-refractivity contribution in [2.45, 2.75) is 40.2 Å². The summed E-state index contributed by atoms with van der Waals surface area (Å²) in [6.07, 6.45) is 0.683. The van der Waals surface area contributed by atoms with Gasteiger partial charge in [-0.05, 0) is 24.8 Å². The Bertz CT molecular complexity index is 743. The van der Waals surface area contributed by atoms with Gasteiger partial charge >= 0.3 is 5.97 Å². The highest BCUT2D eigenvalue weighted by Gasteiger charge is 2.50. The molecule has 0 radical (unpaired) electrons. The number of hydrogen-bond donors (Lipinski definition) is 1. The van der Waals surface area contributed by atoms with E-state index < -0.39 is 11.4 Å². The van der Waals surface area contributed by atoms with Crippen LogP contribution in [0.5, 0.6) is 0 Å². The topological polar surface area (TPSA) is 77.9 Å². The normalized spacial score (nSPS) is 25.5. The van der Waals surface area contributed by atoms with E-state index in [1.807, 2.05) is 45.0 Å². The van der Waals surface area contributed by atoms with E-state index in [9.17, 15) is 19.5 Å². The number of aryl methyl sites for hydroxylation is 1. The SMILES string of the molecule is Cc1ccc(CN2CC(C(=O)N3CCC(C(=O)O)(C(C)C)C3)CC2=O)cc1. The van der Waals surface area contributed by atoms with Crippen LogP contribution < -0.4 is 0 Å². The molecule has 2 aliphatic rings. The van der Waals surface area contributed by atoms with Crippen LogP contribution in [0.3, 0.4) is 0 Å². The fraction of sp³-hybridized carbons (Fsp3) is 0.571. The Kier molecular flexibility index (Phi) is 5.27. The van der Waals surface area contributed by atoms with E-state index in [1.165, 1.54) is 5.56 Å². The monoisotopic (exact) mass is 372 g/mol. The van der Waals surface area contributed by atoms with E-state index in [0.29, 0.717) is 26.1 Å². The molecule has 0 bridgehead atoms. The Morgan fingerprint density at radius 2 is 1.93 bits per heavy atom. The van der Waals surface area contributed by atoms with Crippen molar-refractivity contribution in [2.24, 2.45) is 17.3 Å². The number of nitrogens with zero attached hydrogens (tertiary/aromatic N) is 2. The van der Waals surface area contributed by atoms with E-state index in [1.54, 1.807) is 9.80 Å². The Hall–Kier alpha value is -2.37. The second kappa shape index (κ2) is 7.33. The van der Waals surface area contributed by atoms with Crippen LogP contribution >= 0.6 is 0 Å². The van der Waals surface area contributed by atoms with Crippen molar-refractivity contribution in [3.05, 3.63) is 35.4 Å². The standard InChI is InChI=1S/C21H28N2O4/c1-14(2)21(20(26)27)8-9-22(13-21)19(25)17-10-18(24)23(12-17)11-16-6-4-15(3)5-7-16/h4-7,14,17H,8-13H2,1-3H3,(H,26,27). The maximum atomic E-state index is 12.9. The smallest absolute Gasteiger partial charge is 0.311 e. The number of carboxylic acid groups (broad SMARTS) is 1. The highest BCUT2D eigenvalue weighted by Crippen LogP contribution is 2.39. The van der Waals surface area contributed by atoms with Crippen LogP contribution in [-0.2, 0) is 20.9 Å². The predicted molar refractivity (Wildman–Crippen MR) is 101 cm³/mol. The van der Waals surface area contributed by atoms with Gasteiger partial charge in [0.25, 0.3) is 0 Å². The van der Waals surface area contributed by atoms with E-state index in [0.717, 1.165) is 5.56 Å². The van der Waals surface area contributed by atoms with E-state index in [4.69, 9.17) is 0 Å². The summed E-state index contributed by atoms with van der Waals surface area (Å²) in [4.78, 5) is 40.5. The molecule has 1 aromatic rings. The molecule has 2 aliphatic heterocycles. The summed E-state index contributed by atoms with van der Waals surface area (Å²) >= 11 is 0. The summed E-state index contributed by atoms with van der Waals surface area (Å²) in [5.41, 5.74) is 1.34. The molecule has 0 aliphatic carbocycles. The zero-order chi connectivity index (χ0) is 19.8. The first-order chi connectivity index (χ1) is 12.7. The number of amides is 2. The second-order valence-corrected chi connectivity index (χ2v) is 8.29. The quantitative estimate of drug-likeness (QED) is 0.860. The summed E-state index contributed by atoms with van der Waals surface area (Å²) in [5, 5.41) is 9.67. The van der Waals surface area contributed by atoms with Crippen molar-refractivity contribution >= 4 is 17.8 Å². The van der Waals surface area contributed by atoms with Gasteiger partial charge in [0, 0.05) is 32.6 Å². The third kappa shape index (κ3) is 3.70. The van der Waals surface area contributed by atoms with Gasteiger partial charge in [-0.1, -0.05) is 43.7 Å². The summed E-state index contributed by atoms with van der Waals surface area (Å²) < 4.78 is 0. The fourth-order valence-electron chi connectivity index (χ4n) is 4.18. The molecule has 2 saturated heterocycles. The summed E-state index contributed by atoms with van der Waals surface area (Å²) in [5.74, 6) is -1.35.